The number of rotatable bonds is 10. The summed E-state index contributed by atoms with van der Waals surface area (Å²) < 4.78 is 20.7. The first kappa shape index (κ1) is 27.8. The predicted molar refractivity (Wildman–Crippen MR) is 134 cm³/mol. The Kier molecular flexibility index (Phi) is 9.92. The molecule has 188 valence electrons. The van der Waals surface area contributed by atoms with Crippen molar-refractivity contribution in [2.45, 2.75) is 27.2 Å². The molecule has 0 fully saturated rings. The van der Waals surface area contributed by atoms with Gasteiger partial charge in [-0.05, 0) is 68.7 Å². The van der Waals surface area contributed by atoms with Gasteiger partial charge in [0.1, 0.15) is 24.7 Å². The number of hydrogen-bond donors (Lipinski definition) is 0. The molecule has 0 radical (unpaired) electrons. The molecule has 0 saturated carbocycles. The standard InChI is InChI=1S/C28H28O8/c1-17(2)25(29)33-12-13-34-28(32)22-14-21(15-24(16-22)36-27(31)19(5)6)20-8-7-9-23(11-10-20)35-26(30)18(3)4/h8-11,14-16H,1,3,5,7,12-13H2,2,4,6H3. The van der Waals surface area contributed by atoms with Crippen LogP contribution in [0.25, 0.3) is 5.57 Å². The van der Waals surface area contributed by atoms with Crippen LogP contribution < -0.4 is 4.74 Å². The van der Waals surface area contributed by atoms with E-state index in [0.29, 0.717) is 23.3 Å². The van der Waals surface area contributed by atoms with E-state index in [0.717, 1.165) is 0 Å². The smallest absolute Gasteiger partial charge is 0.338 e. The molecule has 1 aromatic carbocycles. The molecule has 2 rings (SSSR count). The lowest BCUT2D eigenvalue weighted by molar-refractivity contribution is -0.140. The van der Waals surface area contributed by atoms with Crippen LogP contribution in [0.4, 0.5) is 0 Å². The van der Waals surface area contributed by atoms with Crippen LogP contribution in [0.15, 0.2) is 84.7 Å². The highest BCUT2D eigenvalue weighted by molar-refractivity contribution is 5.93. The topological polar surface area (TPSA) is 105 Å². The Morgan fingerprint density at radius 2 is 1.36 bits per heavy atom. The average Bonchev–Trinajstić information content (AvgIpc) is 3.06. The Bertz CT molecular complexity index is 1210. The number of carbonyl (C=O) groups is 4. The first-order valence-electron chi connectivity index (χ1n) is 11.0. The number of benzene rings is 1. The Labute approximate surface area is 209 Å². The lowest BCUT2D eigenvalue weighted by atomic mass is 10.0. The Hall–Kier alpha value is -4.46. The van der Waals surface area contributed by atoms with Gasteiger partial charge in [0.15, 0.2) is 0 Å². The molecule has 0 aromatic heterocycles. The van der Waals surface area contributed by atoms with Gasteiger partial charge >= 0.3 is 23.9 Å². The monoisotopic (exact) mass is 492 g/mol. The fraction of sp³-hybridized carbons (Fsp3) is 0.214. The first-order valence-corrected chi connectivity index (χ1v) is 11.0. The van der Waals surface area contributed by atoms with E-state index in [1.165, 1.54) is 19.9 Å². The normalized spacial score (nSPS) is 12.3. The van der Waals surface area contributed by atoms with E-state index in [4.69, 9.17) is 18.9 Å². The van der Waals surface area contributed by atoms with Crippen LogP contribution in [0.5, 0.6) is 5.75 Å². The van der Waals surface area contributed by atoms with Gasteiger partial charge in [0.25, 0.3) is 0 Å². The zero-order valence-corrected chi connectivity index (χ0v) is 20.6. The summed E-state index contributed by atoms with van der Waals surface area (Å²) in [6.07, 6.45) is 7.32. The third-order valence-electron chi connectivity index (χ3n) is 4.58. The van der Waals surface area contributed by atoms with Crippen molar-refractivity contribution < 1.29 is 38.1 Å². The molecule has 8 nitrogen and oxygen atoms in total. The van der Waals surface area contributed by atoms with Crippen molar-refractivity contribution in [1.82, 2.24) is 0 Å². The van der Waals surface area contributed by atoms with E-state index in [2.05, 4.69) is 19.7 Å². The summed E-state index contributed by atoms with van der Waals surface area (Å²) in [6.45, 7) is 14.9. The van der Waals surface area contributed by atoms with Crippen LogP contribution in [0.2, 0.25) is 0 Å². The maximum absolute atomic E-state index is 12.7. The summed E-state index contributed by atoms with van der Waals surface area (Å²) in [6, 6.07) is 4.53. The average molecular weight is 493 g/mol. The van der Waals surface area contributed by atoms with Crippen molar-refractivity contribution in [1.29, 1.82) is 0 Å². The minimum Gasteiger partial charge on any atom is -0.459 e. The second-order valence-electron chi connectivity index (χ2n) is 7.97. The third-order valence-corrected chi connectivity index (χ3v) is 4.58. The van der Waals surface area contributed by atoms with Gasteiger partial charge in [0, 0.05) is 16.7 Å². The van der Waals surface area contributed by atoms with Crippen molar-refractivity contribution >= 4 is 29.5 Å². The number of hydrogen-bond acceptors (Lipinski definition) is 8. The van der Waals surface area contributed by atoms with E-state index in [1.54, 1.807) is 37.3 Å². The third kappa shape index (κ3) is 8.39. The molecule has 1 aliphatic carbocycles. The fourth-order valence-electron chi connectivity index (χ4n) is 2.71. The van der Waals surface area contributed by atoms with Crippen LogP contribution >= 0.6 is 0 Å². The van der Waals surface area contributed by atoms with E-state index in [9.17, 15) is 19.2 Å². The van der Waals surface area contributed by atoms with Gasteiger partial charge in [0.2, 0.25) is 0 Å². The summed E-state index contributed by atoms with van der Waals surface area (Å²) in [4.78, 5) is 48.0. The summed E-state index contributed by atoms with van der Waals surface area (Å²) in [5.41, 5.74) is 2.04. The molecular weight excluding hydrogens is 464 g/mol. The van der Waals surface area contributed by atoms with E-state index < -0.39 is 23.9 Å². The van der Waals surface area contributed by atoms with Gasteiger partial charge < -0.3 is 18.9 Å². The van der Waals surface area contributed by atoms with Crippen molar-refractivity contribution in [2.24, 2.45) is 0 Å². The van der Waals surface area contributed by atoms with Gasteiger partial charge in [-0.3, -0.25) is 0 Å². The van der Waals surface area contributed by atoms with Crippen LogP contribution in [-0.4, -0.2) is 37.1 Å². The molecule has 0 unspecified atom stereocenters. The largest absolute Gasteiger partial charge is 0.459 e. The molecule has 0 heterocycles. The van der Waals surface area contributed by atoms with Gasteiger partial charge in [-0.15, -0.1) is 0 Å². The molecule has 1 aliphatic rings. The lowest BCUT2D eigenvalue weighted by Gasteiger charge is -2.11. The lowest BCUT2D eigenvalue weighted by Crippen LogP contribution is -2.15. The number of esters is 4. The molecular formula is C28H28O8. The number of carbonyl (C=O) groups excluding carboxylic acids is 4. The fourth-order valence-corrected chi connectivity index (χ4v) is 2.71. The zero-order chi connectivity index (χ0) is 26.8. The maximum Gasteiger partial charge on any atom is 0.338 e. The summed E-state index contributed by atoms with van der Waals surface area (Å²) in [7, 11) is 0. The first-order chi connectivity index (χ1) is 17.0. The number of allylic oxidation sites excluding steroid dienone is 5. The molecule has 0 amide bonds. The zero-order valence-electron chi connectivity index (χ0n) is 20.6. The molecule has 1 aromatic rings. The Balaban J connectivity index is 2.26. The summed E-state index contributed by atoms with van der Waals surface area (Å²) in [5, 5.41) is 0. The molecule has 0 spiro atoms. The van der Waals surface area contributed by atoms with E-state index in [-0.39, 0.29) is 41.2 Å². The van der Waals surface area contributed by atoms with Crippen LogP contribution in [0.3, 0.4) is 0 Å². The van der Waals surface area contributed by atoms with Gasteiger partial charge in [-0.1, -0.05) is 31.9 Å². The second-order valence-corrected chi connectivity index (χ2v) is 7.97. The minimum atomic E-state index is -0.705. The molecule has 0 atom stereocenters. The van der Waals surface area contributed by atoms with Crippen LogP contribution in [0, 0.1) is 0 Å². The highest BCUT2D eigenvalue weighted by Gasteiger charge is 2.16. The van der Waals surface area contributed by atoms with Gasteiger partial charge in [-0.2, -0.15) is 0 Å². The van der Waals surface area contributed by atoms with Gasteiger partial charge in [-0.25, -0.2) is 19.2 Å². The van der Waals surface area contributed by atoms with Crippen LogP contribution in [0.1, 0.15) is 43.1 Å². The maximum atomic E-state index is 12.7. The van der Waals surface area contributed by atoms with Crippen molar-refractivity contribution in [2.75, 3.05) is 13.2 Å². The predicted octanol–water partition coefficient (Wildman–Crippen LogP) is 4.79. The van der Waals surface area contributed by atoms with Gasteiger partial charge in [0.05, 0.1) is 5.56 Å². The van der Waals surface area contributed by atoms with Crippen LogP contribution in [-0.2, 0) is 28.6 Å². The quantitative estimate of drug-likeness (QED) is 0.151. The minimum absolute atomic E-state index is 0.113. The molecule has 36 heavy (non-hydrogen) atoms. The van der Waals surface area contributed by atoms with Crippen molar-refractivity contribution in [3.05, 3.63) is 95.8 Å². The van der Waals surface area contributed by atoms with E-state index in [1.807, 2.05) is 6.08 Å². The molecule has 0 N–H and O–H groups in total. The molecule has 8 heteroatoms. The molecule has 0 saturated heterocycles. The molecule has 0 bridgehead atoms. The number of ether oxygens (including phenoxy) is 4. The van der Waals surface area contributed by atoms with Crippen molar-refractivity contribution in [3.63, 3.8) is 0 Å². The van der Waals surface area contributed by atoms with E-state index >= 15 is 0 Å². The van der Waals surface area contributed by atoms with Crippen molar-refractivity contribution in [3.8, 4) is 5.75 Å². The Morgan fingerprint density at radius 3 is 2.00 bits per heavy atom. The molecule has 0 aliphatic heterocycles. The highest BCUT2D eigenvalue weighted by atomic mass is 16.6. The second kappa shape index (κ2) is 12.9. The summed E-state index contributed by atoms with van der Waals surface area (Å²) in [5.74, 6) is -2.02. The SMILES string of the molecule is C=C(C)C(=O)OCCOC(=O)c1cc(OC(=O)C(=C)C)cc(C2=CCC=C(OC(=O)C(=C)C)C=C2)c1. The highest BCUT2D eigenvalue weighted by Crippen LogP contribution is 2.27. The summed E-state index contributed by atoms with van der Waals surface area (Å²) >= 11 is 0. The Morgan fingerprint density at radius 1 is 0.750 bits per heavy atom.